The summed E-state index contributed by atoms with van der Waals surface area (Å²) in [5, 5.41) is 13.1. The lowest BCUT2D eigenvalue weighted by molar-refractivity contribution is -0.276. The molecule has 0 radical (unpaired) electrons. The van der Waals surface area contributed by atoms with Gasteiger partial charge in [-0.2, -0.15) is 0 Å². The van der Waals surface area contributed by atoms with E-state index in [1.165, 1.54) is 5.56 Å². The Bertz CT molecular complexity index is 1050. The maximum atomic E-state index is 12.5. The number of hydrogen-bond acceptors (Lipinski definition) is 4. The number of benzene rings is 2. The minimum atomic E-state index is -1.04. The lowest BCUT2D eigenvalue weighted by atomic mass is 9.79. The zero-order chi connectivity index (χ0) is 22.6. The van der Waals surface area contributed by atoms with Crippen LogP contribution in [0.25, 0.3) is 11.1 Å². The van der Waals surface area contributed by atoms with Gasteiger partial charge in [-0.25, -0.2) is 0 Å². The highest BCUT2D eigenvalue weighted by Gasteiger charge is 2.48. The number of methoxy groups -OCH3 is 1. The molecule has 1 amide bonds. The normalized spacial score (nSPS) is 27.8. The van der Waals surface area contributed by atoms with Crippen LogP contribution < -0.4 is 9.84 Å². The number of hydrogen-bond donors (Lipinski definition) is 0. The number of piperidine rings is 3. The molecule has 2 aromatic carbocycles. The van der Waals surface area contributed by atoms with Crippen molar-refractivity contribution in [1.82, 2.24) is 9.80 Å². The third kappa shape index (κ3) is 3.56. The van der Waals surface area contributed by atoms with Crippen molar-refractivity contribution in [2.45, 2.75) is 45.2 Å². The summed E-state index contributed by atoms with van der Waals surface area (Å²) >= 11 is 6.35. The number of carboxylic acid groups (broad SMARTS) is 1. The highest BCUT2D eigenvalue weighted by atomic mass is 35.5. The summed E-state index contributed by atoms with van der Waals surface area (Å²) in [7, 11) is 1.61. The lowest BCUT2D eigenvalue weighted by Crippen LogP contribution is -2.62. The molecule has 0 unspecified atom stereocenters. The van der Waals surface area contributed by atoms with Crippen LogP contribution in [0.1, 0.15) is 43.9 Å². The molecule has 2 bridgehead atoms. The maximum absolute atomic E-state index is 12.5. The SMILES string of the molecule is COc1ccc(-c2ccc3c(c2)CC(C)(C)[C@H]3N(C(=O)[O-])[C@@H]2CN3CCC2CC3)cc1Cl. The zero-order valence-electron chi connectivity index (χ0n) is 18.9. The fourth-order valence-electron chi connectivity index (χ4n) is 6.27. The number of carbonyl (C=O) groups is 1. The molecule has 1 aliphatic carbocycles. The molecule has 6 heteroatoms. The second-order valence-corrected chi connectivity index (χ2v) is 10.6. The second kappa shape index (κ2) is 7.96. The Morgan fingerprint density at radius 2 is 1.84 bits per heavy atom. The van der Waals surface area contributed by atoms with Crippen LogP contribution in [-0.4, -0.2) is 48.7 Å². The summed E-state index contributed by atoms with van der Waals surface area (Å²) in [4.78, 5) is 16.6. The maximum Gasteiger partial charge on any atom is 0.137 e. The van der Waals surface area contributed by atoms with E-state index in [2.05, 4.69) is 36.9 Å². The molecule has 3 heterocycles. The molecule has 6 rings (SSSR count). The van der Waals surface area contributed by atoms with E-state index in [0.717, 1.165) is 55.6 Å². The van der Waals surface area contributed by atoms with Crippen LogP contribution in [0.15, 0.2) is 36.4 Å². The summed E-state index contributed by atoms with van der Waals surface area (Å²) in [6, 6.07) is 12.0. The van der Waals surface area contributed by atoms with Crippen molar-refractivity contribution >= 4 is 17.7 Å². The van der Waals surface area contributed by atoms with Crippen LogP contribution in [0.5, 0.6) is 5.75 Å². The standard InChI is InChI=1S/C26H31ClN2O3/c1-26(2)14-19-12-17(18-5-7-23(32-3)21(27)13-18)4-6-20(19)24(26)29(25(30)31)22-15-28-10-8-16(22)9-11-28/h4-7,12-13,16,22,24H,8-11,14-15H2,1-3H3,(H,30,31)/p-1/t22-,24+/m1/s1. The van der Waals surface area contributed by atoms with Gasteiger partial charge < -0.3 is 24.4 Å². The van der Waals surface area contributed by atoms with E-state index in [1.807, 2.05) is 18.2 Å². The molecule has 5 nitrogen and oxygen atoms in total. The Kier molecular flexibility index (Phi) is 5.37. The van der Waals surface area contributed by atoms with Crippen molar-refractivity contribution in [3.8, 4) is 16.9 Å². The molecule has 2 atom stereocenters. The molecule has 170 valence electrons. The summed E-state index contributed by atoms with van der Waals surface area (Å²) < 4.78 is 5.28. The van der Waals surface area contributed by atoms with E-state index in [4.69, 9.17) is 16.3 Å². The van der Waals surface area contributed by atoms with Crippen molar-refractivity contribution in [1.29, 1.82) is 0 Å². The molecular weight excluding hydrogens is 424 g/mol. The van der Waals surface area contributed by atoms with Gasteiger partial charge in [0.15, 0.2) is 0 Å². The predicted octanol–water partition coefficient (Wildman–Crippen LogP) is 4.38. The van der Waals surface area contributed by atoms with Crippen molar-refractivity contribution < 1.29 is 14.6 Å². The monoisotopic (exact) mass is 453 g/mol. The van der Waals surface area contributed by atoms with Gasteiger partial charge in [0.1, 0.15) is 11.8 Å². The Labute approximate surface area is 194 Å². The van der Waals surface area contributed by atoms with Gasteiger partial charge in [-0.05, 0) is 78.1 Å². The summed E-state index contributed by atoms with van der Waals surface area (Å²) in [6.07, 6.45) is 1.94. The molecule has 2 aromatic rings. The largest absolute Gasteiger partial charge is 0.530 e. The molecular formula is C26H30ClN2O3-. The van der Waals surface area contributed by atoms with E-state index >= 15 is 0 Å². The number of ether oxygens (including phenoxy) is 1. The van der Waals surface area contributed by atoms with Gasteiger partial charge in [-0.15, -0.1) is 0 Å². The summed E-state index contributed by atoms with van der Waals surface area (Å²) in [5.41, 5.74) is 4.21. The summed E-state index contributed by atoms with van der Waals surface area (Å²) in [5.74, 6) is 1.08. The highest BCUT2D eigenvalue weighted by molar-refractivity contribution is 6.32. The highest BCUT2D eigenvalue weighted by Crippen LogP contribution is 2.51. The van der Waals surface area contributed by atoms with Gasteiger partial charge in [-0.1, -0.05) is 49.7 Å². The van der Waals surface area contributed by atoms with Crippen molar-refractivity contribution in [2.24, 2.45) is 11.3 Å². The topological polar surface area (TPSA) is 55.8 Å². The molecule has 32 heavy (non-hydrogen) atoms. The molecule has 3 aliphatic heterocycles. The number of rotatable bonds is 4. The average Bonchev–Trinajstić information content (AvgIpc) is 3.04. The average molecular weight is 454 g/mol. The lowest BCUT2D eigenvalue weighted by Gasteiger charge is -2.53. The van der Waals surface area contributed by atoms with Crippen LogP contribution in [0.2, 0.25) is 5.02 Å². The van der Waals surface area contributed by atoms with Crippen molar-refractivity contribution in [2.75, 3.05) is 26.7 Å². The van der Waals surface area contributed by atoms with E-state index in [0.29, 0.717) is 16.7 Å². The van der Waals surface area contributed by atoms with Crippen LogP contribution in [0, 0.1) is 11.3 Å². The van der Waals surface area contributed by atoms with Crippen LogP contribution >= 0.6 is 11.6 Å². The quantitative estimate of drug-likeness (QED) is 0.689. The van der Waals surface area contributed by atoms with Gasteiger partial charge in [0.25, 0.3) is 0 Å². The Morgan fingerprint density at radius 3 is 2.44 bits per heavy atom. The third-order valence-corrected chi connectivity index (χ3v) is 8.07. The molecule has 0 aromatic heterocycles. The minimum Gasteiger partial charge on any atom is -0.530 e. The Balaban J connectivity index is 1.51. The zero-order valence-corrected chi connectivity index (χ0v) is 19.7. The van der Waals surface area contributed by atoms with Gasteiger partial charge >= 0.3 is 0 Å². The van der Waals surface area contributed by atoms with Gasteiger partial charge in [-0.3, -0.25) is 0 Å². The third-order valence-electron chi connectivity index (χ3n) is 7.78. The van der Waals surface area contributed by atoms with Gasteiger partial charge in [0.05, 0.1) is 18.2 Å². The molecule has 3 saturated heterocycles. The smallest absolute Gasteiger partial charge is 0.137 e. The number of nitrogens with zero attached hydrogens (tertiary/aromatic N) is 2. The van der Waals surface area contributed by atoms with Crippen molar-refractivity contribution in [3.05, 3.63) is 52.5 Å². The number of amides is 1. The first-order chi connectivity index (χ1) is 15.3. The fourth-order valence-corrected chi connectivity index (χ4v) is 6.52. The molecule has 4 aliphatic rings. The first-order valence-corrected chi connectivity index (χ1v) is 11.8. The van der Waals surface area contributed by atoms with E-state index in [9.17, 15) is 9.90 Å². The van der Waals surface area contributed by atoms with Gasteiger partial charge in [0, 0.05) is 12.6 Å². The van der Waals surface area contributed by atoms with Crippen LogP contribution in [0.3, 0.4) is 0 Å². The minimum absolute atomic E-state index is 0.0118. The number of carbonyl (C=O) groups excluding carboxylic acids is 1. The first-order valence-electron chi connectivity index (χ1n) is 11.5. The molecule has 3 fully saturated rings. The van der Waals surface area contributed by atoms with Gasteiger partial charge in [0.2, 0.25) is 0 Å². The predicted molar refractivity (Wildman–Crippen MR) is 124 cm³/mol. The molecule has 0 spiro atoms. The number of halogens is 1. The molecule has 0 N–H and O–H groups in total. The Morgan fingerprint density at radius 1 is 1.16 bits per heavy atom. The van der Waals surface area contributed by atoms with Crippen LogP contribution in [0.4, 0.5) is 4.79 Å². The Hall–Kier alpha value is -2.24. The number of fused-ring (bicyclic) bond motifs is 4. The van der Waals surface area contributed by atoms with Crippen LogP contribution in [-0.2, 0) is 6.42 Å². The van der Waals surface area contributed by atoms with E-state index < -0.39 is 6.09 Å². The molecule has 0 saturated carbocycles. The van der Waals surface area contributed by atoms with Crippen molar-refractivity contribution in [3.63, 3.8) is 0 Å². The second-order valence-electron chi connectivity index (χ2n) is 10.2. The fraction of sp³-hybridized carbons (Fsp3) is 0.500. The summed E-state index contributed by atoms with van der Waals surface area (Å²) in [6.45, 7) is 7.35. The van der Waals surface area contributed by atoms with E-state index in [1.54, 1.807) is 12.0 Å². The van der Waals surface area contributed by atoms with E-state index in [-0.39, 0.29) is 17.5 Å². The first kappa shape index (κ1) is 21.6.